The van der Waals surface area contributed by atoms with Gasteiger partial charge in [-0.15, -0.1) is 6.58 Å². The Labute approximate surface area is 173 Å². The van der Waals surface area contributed by atoms with Crippen molar-refractivity contribution in [2.75, 3.05) is 25.6 Å². The molecule has 2 aromatic rings. The minimum atomic E-state index is -0.529. The molecule has 0 saturated carbocycles. The van der Waals surface area contributed by atoms with Crippen molar-refractivity contribution >= 4 is 29.6 Å². The van der Waals surface area contributed by atoms with E-state index in [1.807, 2.05) is 18.2 Å². The van der Waals surface area contributed by atoms with Crippen molar-refractivity contribution in [1.29, 1.82) is 0 Å². The van der Waals surface area contributed by atoms with E-state index in [0.717, 1.165) is 4.90 Å². The van der Waals surface area contributed by atoms with Crippen molar-refractivity contribution in [2.24, 2.45) is 0 Å². The van der Waals surface area contributed by atoms with Gasteiger partial charge in [0.1, 0.15) is 5.70 Å². The number of hydrogen-bond donors (Lipinski definition) is 2. The summed E-state index contributed by atoms with van der Waals surface area (Å²) in [5.41, 5.74) is 1.22. The van der Waals surface area contributed by atoms with Gasteiger partial charge in [-0.3, -0.25) is 14.5 Å². The van der Waals surface area contributed by atoms with E-state index in [9.17, 15) is 14.4 Å². The number of nitrogens with zero attached hydrogens (tertiary/aromatic N) is 1. The Morgan fingerprint density at radius 2 is 1.93 bits per heavy atom. The molecule has 0 spiro atoms. The van der Waals surface area contributed by atoms with E-state index >= 15 is 0 Å². The molecule has 4 amide bonds. The molecular formula is C22H21N3O5. The molecule has 30 heavy (non-hydrogen) atoms. The van der Waals surface area contributed by atoms with Gasteiger partial charge in [0, 0.05) is 17.8 Å². The second-order valence-electron chi connectivity index (χ2n) is 6.27. The Balaban J connectivity index is 1.80. The molecule has 1 fully saturated rings. The van der Waals surface area contributed by atoms with Gasteiger partial charge in [0.25, 0.3) is 11.8 Å². The van der Waals surface area contributed by atoms with Gasteiger partial charge in [-0.1, -0.05) is 36.4 Å². The van der Waals surface area contributed by atoms with Crippen molar-refractivity contribution in [3.05, 3.63) is 72.4 Å². The molecule has 3 rings (SSSR count). The standard InChI is InChI=1S/C22H21N3O5/c1-3-12-25-21(27)17(24-22(25)28)13-15-8-7-11-18(29-2)20(15)30-14-19(26)23-16-9-5-4-6-10-16/h3-11,13H,1,12,14H2,2H3,(H,23,26)(H,24,28). The lowest BCUT2D eigenvalue weighted by Gasteiger charge is -2.14. The molecule has 2 aromatic carbocycles. The first-order valence-corrected chi connectivity index (χ1v) is 9.13. The van der Waals surface area contributed by atoms with Gasteiger partial charge in [0.15, 0.2) is 18.1 Å². The molecule has 0 radical (unpaired) electrons. The maximum atomic E-state index is 12.4. The lowest BCUT2D eigenvalue weighted by atomic mass is 10.1. The summed E-state index contributed by atoms with van der Waals surface area (Å²) in [5.74, 6) is -0.167. The molecule has 2 N–H and O–H groups in total. The monoisotopic (exact) mass is 407 g/mol. The largest absolute Gasteiger partial charge is 0.493 e. The maximum absolute atomic E-state index is 12.4. The number of carbonyl (C=O) groups is 3. The SMILES string of the molecule is C=CCN1C(=O)NC(=Cc2cccc(OC)c2OCC(=O)Nc2ccccc2)C1=O. The van der Waals surface area contributed by atoms with Crippen LogP contribution in [0.25, 0.3) is 6.08 Å². The zero-order valence-corrected chi connectivity index (χ0v) is 16.4. The lowest BCUT2D eigenvalue weighted by molar-refractivity contribution is -0.122. The fourth-order valence-corrected chi connectivity index (χ4v) is 2.84. The quantitative estimate of drug-likeness (QED) is 0.398. The Bertz CT molecular complexity index is 1000. The van der Waals surface area contributed by atoms with E-state index in [-0.39, 0.29) is 30.5 Å². The van der Waals surface area contributed by atoms with Crippen LogP contribution in [0.15, 0.2) is 66.9 Å². The van der Waals surface area contributed by atoms with Crippen LogP contribution in [0.2, 0.25) is 0 Å². The van der Waals surface area contributed by atoms with Crippen LogP contribution in [-0.2, 0) is 9.59 Å². The number of amides is 4. The number of methoxy groups -OCH3 is 1. The van der Waals surface area contributed by atoms with Gasteiger partial charge in [0.2, 0.25) is 0 Å². The highest BCUT2D eigenvalue weighted by Crippen LogP contribution is 2.33. The molecule has 0 aliphatic carbocycles. The van der Waals surface area contributed by atoms with Crippen LogP contribution in [0.1, 0.15) is 5.56 Å². The summed E-state index contributed by atoms with van der Waals surface area (Å²) in [6.45, 7) is 3.37. The summed E-state index contributed by atoms with van der Waals surface area (Å²) in [5, 5.41) is 5.25. The van der Waals surface area contributed by atoms with Gasteiger partial charge in [-0.25, -0.2) is 4.79 Å². The lowest BCUT2D eigenvalue weighted by Crippen LogP contribution is -2.30. The number of hydrogen-bond acceptors (Lipinski definition) is 5. The third-order valence-electron chi connectivity index (χ3n) is 4.21. The molecule has 0 aromatic heterocycles. The minimum absolute atomic E-state index is 0.0914. The number of para-hydroxylation sites is 2. The Morgan fingerprint density at radius 3 is 2.63 bits per heavy atom. The molecule has 0 atom stereocenters. The van der Waals surface area contributed by atoms with E-state index < -0.39 is 11.9 Å². The van der Waals surface area contributed by atoms with Crippen LogP contribution in [0.4, 0.5) is 10.5 Å². The fraction of sp³-hybridized carbons (Fsp3) is 0.136. The third kappa shape index (κ3) is 4.67. The molecule has 1 heterocycles. The van der Waals surface area contributed by atoms with Crippen molar-refractivity contribution in [3.63, 3.8) is 0 Å². The number of nitrogens with one attached hydrogen (secondary N) is 2. The summed E-state index contributed by atoms with van der Waals surface area (Å²) in [6, 6.07) is 13.5. The molecule has 8 nitrogen and oxygen atoms in total. The van der Waals surface area contributed by atoms with E-state index in [0.29, 0.717) is 17.0 Å². The van der Waals surface area contributed by atoms with Crippen molar-refractivity contribution in [1.82, 2.24) is 10.2 Å². The number of urea groups is 1. The van der Waals surface area contributed by atoms with Crippen LogP contribution in [0.5, 0.6) is 11.5 Å². The Hall–Kier alpha value is -4.07. The van der Waals surface area contributed by atoms with Gasteiger partial charge in [0.05, 0.1) is 7.11 Å². The summed E-state index contributed by atoms with van der Waals surface area (Å²) >= 11 is 0. The molecule has 1 aliphatic rings. The summed E-state index contributed by atoms with van der Waals surface area (Å²) in [7, 11) is 1.47. The predicted molar refractivity (Wildman–Crippen MR) is 112 cm³/mol. The first kappa shape index (κ1) is 20.7. The molecule has 0 unspecified atom stereocenters. The van der Waals surface area contributed by atoms with Crippen LogP contribution in [-0.4, -0.2) is 43.0 Å². The fourth-order valence-electron chi connectivity index (χ4n) is 2.84. The number of rotatable bonds is 8. The molecule has 154 valence electrons. The summed E-state index contributed by atoms with van der Waals surface area (Å²) < 4.78 is 11.0. The van der Waals surface area contributed by atoms with Crippen LogP contribution in [0, 0.1) is 0 Å². The molecule has 0 bridgehead atoms. The number of carbonyl (C=O) groups excluding carboxylic acids is 3. The first-order valence-electron chi connectivity index (χ1n) is 9.13. The van der Waals surface area contributed by atoms with Gasteiger partial charge in [-0.2, -0.15) is 0 Å². The normalized spacial score (nSPS) is 14.4. The third-order valence-corrected chi connectivity index (χ3v) is 4.21. The number of imide groups is 1. The highest BCUT2D eigenvalue weighted by Gasteiger charge is 2.32. The zero-order chi connectivity index (χ0) is 21.5. The molecule has 8 heteroatoms. The zero-order valence-electron chi connectivity index (χ0n) is 16.4. The summed E-state index contributed by atoms with van der Waals surface area (Å²) in [4.78, 5) is 37.7. The van der Waals surface area contributed by atoms with Crippen LogP contribution >= 0.6 is 0 Å². The van der Waals surface area contributed by atoms with Gasteiger partial charge in [-0.05, 0) is 24.3 Å². The van der Waals surface area contributed by atoms with E-state index in [2.05, 4.69) is 17.2 Å². The Morgan fingerprint density at radius 1 is 1.17 bits per heavy atom. The minimum Gasteiger partial charge on any atom is -0.493 e. The summed E-state index contributed by atoms with van der Waals surface area (Å²) in [6.07, 6.45) is 2.95. The average molecular weight is 407 g/mol. The van der Waals surface area contributed by atoms with E-state index in [4.69, 9.17) is 9.47 Å². The smallest absolute Gasteiger partial charge is 0.329 e. The van der Waals surface area contributed by atoms with E-state index in [1.54, 1.807) is 30.3 Å². The van der Waals surface area contributed by atoms with Crippen LogP contribution < -0.4 is 20.1 Å². The Kier molecular flexibility index (Phi) is 6.49. The van der Waals surface area contributed by atoms with Crippen molar-refractivity contribution < 1.29 is 23.9 Å². The first-order chi connectivity index (χ1) is 14.5. The average Bonchev–Trinajstić information content (AvgIpc) is 3.01. The number of benzene rings is 2. The second-order valence-corrected chi connectivity index (χ2v) is 6.27. The van der Waals surface area contributed by atoms with Gasteiger partial charge >= 0.3 is 6.03 Å². The molecule has 1 aliphatic heterocycles. The number of anilines is 1. The second kappa shape index (κ2) is 9.42. The number of ether oxygens (including phenoxy) is 2. The topological polar surface area (TPSA) is 97.0 Å². The molecule has 1 saturated heterocycles. The van der Waals surface area contributed by atoms with E-state index in [1.165, 1.54) is 19.3 Å². The van der Waals surface area contributed by atoms with Crippen molar-refractivity contribution in [3.8, 4) is 11.5 Å². The highest BCUT2D eigenvalue weighted by atomic mass is 16.5. The van der Waals surface area contributed by atoms with Crippen LogP contribution in [0.3, 0.4) is 0 Å². The maximum Gasteiger partial charge on any atom is 0.329 e. The van der Waals surface area contributed by atoms with Gasteiger partial charge < -0.3 is 20.1 Å². The molecular weight excluding hydrogens is 386 g/mol. The highest BCUT2D eigenvalue weighted by molar-refractivity contribution is 6.14. The predicted octanol–water partition coefficient (Wildman–Crippen LogP) is 2.79. The van der Waals surface area contributed by atoms with Crippen molar-refractivity contribution in [2.45, 2.75) is 0 Å².